The van der Waals surface area contributed by atoms with Crippen LogP contribution >= 0.6 is 23.2 Å². The molecule has 0 aliphatic rings. The first kappa shape index (κ1) is 13.0. The van der Waals surface area contributed by atoms with Gasteiger partial charge in [0.15, 0.2) is 5.76 Å². The van der Waals surface area contributed by atoms with Crippen molar-refractivity contribution in [1.82, 2.24) is 4.98 Å². The summed E-state index contributed by atoms with van der Waals surface area (Å²) in [6.07, 6.45) is 0. The fourth-order valence-corrected chi connectivity index (χ4v) is 2.20. The Morgan fingerprint density at radius 3 is 1.85 bits per heavy atom. The van der Waals surface area contributed by atoms with Crippen LogP contribution in [-0.4, -0.2) is 4.98 Å². The molecule has 2 aromatic carbocycles. The van der Waals surface area contributed by atoms with Crippen LogP contribution in [0.4, 0.5) is 0 Å². The maximum Gasteiger partial charge on any atom is 0.417 e. The number of hydrogen-bond acceptors (Lipinski definition) is 2. The largest absolute Gasteiger partial charge is 0.417 e. The van der Waals surface area contributed by atoms with Crippen molar-refractivity contribution in [1.29, 1.82) is 0 Å². The highest BCUT2D eigenvalue weighted by Gasteiger charge is 2.14. The normalized spacial score (nSPS) is 10.7. The molecular formula is C15H9Cl2NO2. The Bertz CT molecular complexity index is 720. The van der Waals surface area contributed by atoms with E-state index in [9.17, 15) is 4.79 Å². The fraction of sp³-hybridized carbons (Fsp3) is 0. The summed E-state index contributed by atoms with van der Waals surface area (Å²) in [5.41, 5.74) is 2.22. The molecule has 3 aromatic rings. The Morgan fingerprint density at radius 2 is 1.30 bits per heavy atom. The van der Waals surface area contributed by atoms with Crippen molar-refractivity contribution < 1.29 is 4.42 Å². The van der Waals surface area contributed by atoms with Crippen molar-refractivity contribution in [3.8, 4) is 22.6 Å². The van der Waals surface area contributed by atoms with E-state index in [1.54, 1.807) is 36.4 Å². The highest BCUT2D eigenvalue weighted by Crippen LogP contribution is 2.30. The van der Waals surface area contributed by atoms with Crippen molar-refractivity contribution >= 4 is 23.2 Å². The second kappa shape index (κ2) is 5.19. The van der Waals surface area contributed by atoms with Gasteiger partial charge in [0.2, 0.25) is 0 Å². The maximum absolute atomic E-state index is 11.5. The number of aromatic nitrogens is 1. The number of nitrogens with one attached hydrogen (secondary N) is 1. The molecular weight excluding hydrogens is 297 g/mol. The molecule has 0 fully saturated rings. The summed E-state index contributed by atoms with van der Waals surface area (Å²) in [6.45, 7) is 0. The topological polar surface area (TPSA) is 46.0 Å². The number of rotatable bonds is 2. The molecule has 1 aromatic heterocycles. The Labute approximate surface area is 124 Å². The minimum absolute atomic E-state index is 0.481. The minimum Gasteiger partial charge on any atom is -0.407 e. The van der Waals surface area contributed by atoms with Crippen LogP contribution in [0.15, 0.2) is 57.7 Å². The minimum atomic E-state index is -0.500. The quantitative estimate of drug-likeness (QED) is 0.751. The Hall–Kier alpha value is -1.97. The first-order valence-corrected chi connectivity index (χ1v) is 6.64. The van der Waals surface area contributed by atoms with Crippen LogP contribution in [0, 0.1) is 0 Å². The van der Waals surface area contributed by atoms with E-state index in [4.69, 9.17) is 27.6 Å². The third-order valence-electron chi connectivity index (χ3n) is 2.89. The maximum atomic E-state index is 11.5. The van der Waals surface area contributed by atoms with E-state index < -0.39 is 5.76 Å². The standard InChI is InChI=1S/C15H9Cl2NO2/c16-11-5-1-9(2-6-11)13-14(20-15(19)18-13)10-3-7-12(17)8-4-10/h1-8H,(H,18,19). The Morgan fingerprint density at radius 1 is 0.800 bits per heavy atom. The van der Waals surface area contributed by atoms with Crippen molar-refractivity contribution in [2.24, 2.45) is 0 Å². The van der Waals surface area contributed by atoms with E-state index in [0.717, 1.165) is 11.1 Å². The van der Waals surface area contributed by atoms with E-state index >= 15 is 0 Å². The molecule has 1 N–H and O–H groups in total. The van der Waals surface area contributed by atoms with E-state index in [1.807, 2.05) is 12.1 Å². The second-order valence-corrected chi connectivity index (χ2v) is 5.11. The molecule has 5 heteroatoms. The summed E-state index contributed by atoms with van der Waals surface area (Å²) < 4.78 is 5.24. The van der Waals surface area contributed by atoms with Crippen LogP contribution in [0.3, 0.4) is 0 Å². The van der Waals surface area contributed by atoms with Crippen molar-refractivity contribution in [3.05, 3.63) is 69.1 Å². The smallest absolute Gasteiger partial charge is 0.407 e. The van der Waals surface area contributed by atoms with Gasteiger partial charge in [-0.3, -0.25) is 4.98 Å². The average Bonchev–Trinajstić information content (AvgIpc) is 2.82. The zero-order chi connectivity index (χ0) is 14.1. The fourth-order valence-electron chi connectivity index (χ4n) is 1.95. The molecule has 0 spiro atoms. The van der Waals surface area contributed by atoms with Crippen molar-refractivity contribution in [3.63, 3.8) is 0 Å². The van der Waals surface area contributed by atoms with Gasteiger partial charge >= 0.3 is 5.76 Å². The predicted molar refractivity (Wildman–Crippen MR) is 80.2 cm³/mol. The zero-order valence-electron chi connectivity index (χ0n) is 10.2. The number of oxazole rings is 1. The van der Waals surface area contributed by atoms with E-state index in [0.29, 0.717) is 21.5 Å². The Balaban J connectivity index is 2.15. The summed E-state index contributed by atoms with van der Waals surface area (Å²) in [5, 5.41) is 1.26. The molecule has 1 heterocycles. The van der Waals surface area contributed by atoms with E-state index in [2.05, 4.69) is 4.98 Å². The van der Waals surface area contributed by atoms with Gasteiger partial charge in [0, 0.05) is 21.2 Å². The predicted octanol–water partition coefficient (Wildman–Crippen LogP) is 4.61. The molecule has 0 atom stereocenters. The van der Waals surface area contributed by atoms with E-state index in [-0.39, 0.29) is 0 Å². The number of aromatic amines is 1. The van der Waals surface area contributed by atoms with Gasteiger partial charge in [0.1, 0.15) is 0 Å². The molecule has 0 amide bonds. The van der Waals surface area contributed by atoms with Gasteiger partial charge in [-0.1, -0.05) is 35.3 Å². The highest BCUT2D eigenvalue weighted by atomic mass is 35.5. The molecule has 0 saturated heterocycles. The first-order valence-electron chi connectivity index (χ1n) is 5.88. The van der Waals surface area contributed by atoms with Crippen molar-refractivity contribution in [2.75, 3.05) is 0 Å². The number of hydrogen-bond donors (Lipinski definition) is 1. The average molecular weight is 306 g/mol. The monoisotopic (exact) mass is 305 g/mol. The molecule has 0 bridgehead atoms. The van der Waals surface area contributed by atoms with Gasteiger partial charge in [-0.05, 0) is 36.4 Å². The number of H-pyrrole nitrogens is 1. The van der Waals surface area contributed by atoms with Gasteiger partial charge in [0.05, 0.1) is 5.69 Å². The molecule has 0 aliphatic heterocycles. The molecule has 0 aliphatic carbocycles. The van der Waals surface area contributed by atoms with Crippen LogP contribution in [-0.2, 0) is 0 Å². The van der Waals surface area contributed by atoms with Gasteiger partial charge in [0.25, 0.3) is 0 Å². The molecule has 20 heavy (non-hydrogen) atoms. The van der Waals surface area contributed by atoms with Crippen LogP contribution in [0.25, 0.3) is 22.6 Å². The summed E-state index contributed by atoms with van der Waals surface area (Å²) >= 11 is 11.7. The van der Waals surface area contributed by atoms with Gasteiger partial charge in [-0.25, -0.2) is 4.79 Å². The molecule has 0 radical (unpaired) electrons. The zero-order valence-corrected chi connectivity index (χ0v) is 11.7. The third-order valence-corrected chi connectivity index (χ3v) is 3.39. The molecule has 0 saturated carbocycles. The van der Waals surface area contributed by atoms with Crippen LogP contribution in [0.2, 0.25) is 10.0 Å². The van der Waals surface area contributed by atoms with Crippen molar-refractivity contribution in [2.45, 2.75) is 0 Å². The summed E-state index contributed by atoms with van der Waals surface area (Å²) in [4.78, 5) is 14.2. The van der Waals surface area contributed by atoms with Gasteiger partial charge in [-0.2, -0.15) is 0 Å². The lowest BCUT2D eigenvalue weighted by atomic mass is 10.1. The molecule has 0 unspecified atom stereocenters. The van der Waals surface area contributed by atoms with Crippen LogP contribution in [0.1, 0.15) is 0 Å². The van der Waals surface area contributed by atoms with Gasteiger partial charge < -0.3 is 4.42 Å². The lowest BCUT2D eigenvalue weighted by molar-refractivity contribution is 0.528. The first-order chi connectivity index (χ1) is 9.63. The summed E-state index contributed by atoms with van der Waals surface area (Å²) in [7, 11) is 0. The SMILES string of the molecule is O=c1[nH]c(-c2ccc(Cl)cc2)c(-c2ccc(Cl)cc2)o1. The summed E-state index contributed by atoms with van der Waals surface area (Å²) in [5.74, 6) is -0.0195. The third kappa shape index (κ3) is 2.50. The lowest BCUT2D eigenvalue weighted by Crippen LogP contribution is -1.94. The lowest BCUT2D eigenvalue weighted by Gasteiger charge is -2.02. The van der Waals surface area contributed by atoms with Crippen LogP contribution in [0.5, 0.6) is 0 Å². The van der Waals surface area contributed by atoms with Crippen LogP contribution < -0.4 is 5.76 Å². The number of halogens is 2. The molecule has 100 valence electrons. The number of benzene rings is 2. The highest BCUT2D eigenvalue weighted by molar-refractivity contribution is 6.31. The molecule has 3 nitrogen and oxygen atoms in total. The second-order valence-electron chi connectivity index (χ2n) is 4.23. The summed E-state index contributed by atoms with van der Waals surface area (Å²) in [6, 6.07) is 14.2. The molecule has 3 rings (SSSR count). The van der Waals surface area contributed by atoms with Gasteiger partial charge in [-0.15, -0.1) is 0 Å². The Kier molecular flexibility index (Phi) is 3.38. The van der Waals surface area contributed by atoms with E-state index in [1.165, 1.54) is 0 Å².